The van der Waals surface area contributed by atoms with Crippen LogP contribution in [0.1, 0.15) is 42.1 Å². The number of methoxy groups -OCH3 is 1. The minimum Gasteiger partial charge on any atom is -0.505 e. The van der Waals surface area contributed by atoms with E-state index in [9.17, 15) is 34.6 Å². The predicted octanol–water partition coefficient (Wildman–Crippen LogP) is 0.480. The van der Waals surface area contributed by atoms with Crippen molar-refractivity contribution in [1.82, 2.24) is 34.1 Å². The summed E-state index contributed by atoms with van der Waals surface area (Å²) in [6.45, 7) is -3.03. The van der Waals surface area contributed by atoms with Crippen LogP contribution in [0.3, 0.4) is 0 Å². The normalized spacial score (nSPS) is 26.6. The molecule has 2 aliphatic rings. The van der Waals surface area contributed by atoms with Gasteiger partial charge in [0.1, 0.15) is 36.6 Å². The maximum Gasteiger partial charge on any atom is 0.330 e. The Balaban J connectivity index is 1.13. The van der Waals surface area contributed by atoms with Crippen LogP contribution < -0.4 is 11.2 Å². The summed E-state index contributed by atoms with van der Waals surface area (Å²) in [6, 6.07) is 1.13. The lowest BCUT2D eigenvalue weighted by Crippen LogP contribution is -2.39. The Kier molecular flexibility index (Phi) is 10.6. The minimum atomic E-state index is -3.74. The molecule has 268 valence electrons. The number of aliphatic hydroxyl groups is 3. The van der Waals surface area contributed by atoms with Crippen molar-refractivity contribution in [1.29, 1.82) is 0 Å². The number of hydrogen-bond acceptors (Lipinski definition) is 16. The average molecular weight is 735 g/mol. The number of H-pyrrole nitrogens is 1. The number of nitrogens with zero attached hydrogens (tertiary/aromatic N) is 7. The number of aromatic amines is 1. The standard InChI is InChI=1S/C29H35N8O11PS/c1-14-23(42)16(15(10-38)8-30-14)9-31-26-22-27(33-12-32-26)37(13-34-22)21-7-17(40)18(46-21)4-6-49(44,50)48-24-19(11-39)47-28(25(24)45-2)36-5-3-20(41)35-29(36)43/h3,5,8-9,12-13,17-19,21,24-25,28,38-40,42H,4,6-7,10-11H2,1-2H3,(H,44,50)(H,35,41,43)/b31-9-/t17?,18-,19-,21-,24?,25?,28-,49?/m1/s1. The number of aromatic hydroxyl groups is 1. The molecule has 0 amide bonds. The molecule has 2 aliphatic heterocycles. The van der Waals surface area contributed by atoms with Gasteiger partial charge in [-0.1, -0.05) is 12.2 Å². The van der Waals surface area contributed by atoms with E-state index in [1.165, 1.54) is 38.4 Å². The molecule has 8 atom stereocenters. The Labute approximate surface area is 288 Å². The summed E-state index contributed by atoms with van der Waals surface area (Å²) in [7, 11) is 1.33. The summed E-state index contributed by atoms with van der Waals surface area (Å²) >= 11 is 4.29. The first-order valence-corrected chi connectivity index (χ1v) is 18.3. The summed E-state index contributed by atoms with van der Waals surface area (Å²) in [5, 5.41) is 41.0. The highest BCUT2D eigenvalue weighted by Gasteiger charge is 2.49. The molecule has 21 heteroatoms. The van der Waals surface area contributed by atoms with Crippen LogP contribution >= 0.6 is 18.8 Å². The van der Waals surface area contributed by atoms with E-state index in [0.29, 0.717) is 22.4 Å². The first-order valence-electron chi connectivity index (χ1n) is 15.4. The molecular weight excluding hydrogens is 699 g/mol. The van der Waals surface area contributed by atoms with Gasteiger partial charge in [0.25, 0.3) is 12.1 Å². The SMILES string of the molecule is COC1C(OP(=O)(S)CC[C@H]2O[C@@H](n3cnc4c(/N=C\c5c(CO)cnc(C)c5O)ncnc43)CC2O)[C@@H](CO)O[C@H]1n1ccc(=O)[nH]c1=O. The van der Waals surface area contributed by atoms with Crippen molar-refractivity contribution in [2.75, 3.05) is 19.9 Å². The number of imidazole rings is 1. The molecule has 6 rings (SSSR count). The van der Waals surface area contributed by atoms with E-state index in [1.807, 2.05) is 0 Å². The van der Waals surface area contributed by atoms with Crippen LogP contribution in [0.25, 0.3) is 11.2 Å². The largest absolute Gasteiger partial charge is 0.505 e. The number of pyridine rings is 1. The summed E-state index contributed by atoms with van der Waals surface area (Å²) in [5.41, 5.74) is 0.336. The third-order valence-corrected chi connectivity index (χ3v) is 10.8. The van der Waals surface area contributed by atoms with Crippen LogP contribution in [0, 0.1) is 6.92 Å². The number of hydrogen-bond donors (Lipinski definition) is 6. The third-order valence-electron chi connectivity index (χ3n) is 8.54. The Morgan fingerprint density at radius 2 is 1.96 bits per heavy atom. The van der Waals surface area contributed by atoms with Crippen molar-refractivity contribution in [2.45, 2.75) is 69.3 Å². The Morgan fingerprint density at radius 1 is 1.16 bits per heavy atom. The van der Waals surface area contributed by atoms with Gasteiger partial charge in [-0.15, -0.1) is 0 Å². The number of fused-ring (bicyclic) bond motifs is 1. The zero-order chi connectivity index (χ0) is 35.7. The maximum atomic E-state index is 13.6. The number of thiol groups is 1. The number of ether oxygens (including phenoxy) is 3. The van der Waals surface area contributed by atoms with Crippen molar-refractivity contribution >= 4 is 42.0 Å². The van der Waals surface area contributed by atoms with Crippen LogP contribution in [-0.2, 0) is 29.9 Å². The van der Waals surface area contributed by atoms with Crippen LogP contribution in [-0.4, -0.2) is 111 Å². The van der Waals surface area contributed by atoms with Gasteiger partial charge in [-0.2, -0.15) is 0 Å². The molecule has 0 bridgehead atoms. The lowest BCUT2D eigenvalue weighted by atomic mass is 10.1. The second-order valence-corrected chi connectivity index (χ2v) is 15.4. The van der Waals surface area contributed by atoms with Gasteiger partial charge in [0, 0.05) is 55.5 Å². The van der Waals surface area contributed by atoms with E-state index < -0.39 is 67.4 Å². The fourth-order valence-corrected chi connectivity index (χ4v) is 7.95. The Bertz CT molecular complexity index is 2060. The van der Waals surface area contributed by atoms with Gasteiger partial charge in [-0.05, 0) is 13.3 Å². The van der Waals surface area contributed by atoms with Crippen LogP contribution in [0.2, 0.25) is 0 Å². The van der Waals surface area contributed by atoms with Gasteiger partial charge >= 0.3 is 5.69 Å². The fraction of sp³-hybridized carbons (Fsp3) is 0.483. The van der Waals surface area contributed by atoms with E-state index in [2.05, 4.69) is 42.2 Å². The smallest absolute Gasteiger partial charge is 0.330 e. The van der Waals surface area contributed by atoms with Crippen LogP contribution in [0.4, 0.5) is 5.82 Å². The molecular formula is C29H35N8O11PS. The molecule has 4 unspecified atom stereocenters. The van der Waals surface area contributed by atoms with Crippen molar-refractivity contribution in [3.63, 3.8) is 0 Å². The highest BCUT2D eigenvalue weighted by Crippen LogP contribution is 2.56. The Morgan fingerprint density at radius 3 is 2.68 bits per heavy atom. The second-order valence-electron chi connectivity index (χ2n) is 11.7. The number of nitrogens with one attached hydrogen (secondary N) is 1. The van der Waals surface area contributed by atoms with Gasteiger partial charge in [0.05, 0.1) is 37.4 Å². The predicted molar refractivity (Wildman–Crippen MR) is 178 cm³/mol. The topological polar surface area (TPSA) is 259 Å². The van der Waals surface area contributed by atoms with Crippen molar-refractivity contribution in [3.8, 4) is 5.75 Å². The van der Waals surface area contributed by atoms with Crippen molar-refractivity contribution < 1.29 is 43.7 Å². The van der Waals surface area contributed by atoms with Crippen LogP contribution in [0.15, 0.2) is 45.7 Å². The van der Waals surface area contributed by atoms with E-state index in [-0.39, 0.29) is 42.7 Å². The highest BCUT2D eigenvalue weighted by molar-refractivity contribution is 8.46. The number of aliphatic hydroxyl groups excluding tert-OH is 3. The molecule has 0 radical (unpaired) electrons. The molecule has 5 N–H and O–H groups in total. The summed E-state index contributed by atoms with van der Waals surface area (Å²) < 4.78 is 39.6. The Hall–Kier alpha value is -3.85. The van der Waals surface area contributed by atoms with E-state index in [1.54, 1.807) is 11.5 Å². The third kappa shape index (κ3) is 7.16. The first kappa shape index (κ1) is 36.0. The molecule has 2 saturated heterocycles. The lowest BCUT2D eigenvalue weighted by Gasteiger charge is -2.26. The molecule has 0 spiro atoms. The first-order chi connectivity index (χ1) is 23.9. The van der Waals surface area contributed by atoms with Crippen molar-refractivity contribution in [2.24, 2.45) is 4.99 Å². The van der Waals surface area contributed by atoms with E-state index in [4.69, 9.17) is 18.7 Å². The van der Waals surface area contributed by atoms with Gasteiger partial charge in [-0.25, -0.2) is 24.7 Å². The van der Waals surface area contributed by atoms with E-state index in [0.717, 1.165) is 10.6 Å². The monoisotopic (exact) mass is 734 g/mol. The summed E-state index contributed by atoms with van der Waals surface area (Å²) in [6.07, 6.45) is 0.209. The summed E-state index contributed by atoms with van der Waals surface area (Å²) in [4.78, 5) is 47.4. The molecule has 0 saturated carbocycles. The van der Waals surface area contributed by atoms with Gasteiger partial charge in [-0.3, -0.25) is 28.5 Å². The number of rotatable bonds is 12. The van der Waals surface area contributed by atoms with E-state index >= 15 is 0 Å². The average Bonchev–Trinajstić information content (AvgIpc) is 3.79. The molecule has 6 heterocycles. The molecule has 0 aromatic carbocycles. The number of aryl methyl sites for hydroxylation is 1. The zero-order valence-corrected chi connectivity index (χ0v) is 28.5. The van der Waals surface area contributed by atoms with Crippen LogP contribution in [0.5, 0.6) is 5.75 Å². The lowest BCUT2D eigenvalue weighted by molar-refractivity contribution is -0.0625. The molecule has 50 heavy (non-hydrogen) atoms. The van der Waals surface area contributed by atoms with Gasteiger partial charge in [0.15, 0.2) is 23.2 Å². The zero-order valence-electron chi connectivity index (χ0n) is 26.7. The second kappa shape index (κ2) is 14.8. The summed E-state index contributed by atoms with van der Waals surface area (Å²) in [5.74, 6) is 0.0655. The van der Waals surface area contributed by atoms with Gasteiger partial charge in [0.2, 0.25) is 0 Å². The molecule has 2 fully saturated rings. The quantitative estimate of drug-likeness (QED) is 0.0657. The highest BCUT2D eigenvalue weighted by atomic mass is 32.7. The molecule has 0 aliphatic carbocycles. The molecule has 19 nitrogen and oxygen atoms in total. The molecule has 4 aromatic rings. The van der Waals surface area contributed by atoms with Gasteiger partial charge < -0.3 is 39.2 Å². The number of aromatic nitrogens is 7. The fourth-order valence-electron chi connectivity index (χ4n) is 5.96. The van der Waals surface area contributed by atoms with Crippen molar-refractivity contribution in [3.05, 3.63) is 68.8 Å². The number of aliphatic imine (C=N–C) groups is 1. The maximum absolute atomic E-state index is 13.6. The molecule has 4 aromatic heterocycles. The minimum absolute atomic E-state index is 0.0788.